The van der Waals surface area contributed by atoms with Crippen LogP contribution in [0.15, 0.2) is 83.8 Å². The molecule has 0 heterocycles. The average molecular weight is 509 g/mol. The Balaban J connectivity index is 1.92. The summed E-state index contributed by atoms with van der Waals surface area (Å²) in [5, 5.41) is 3.69. The maximum atomic E-state index is 13.7. The van der Waals surface area contributed by atoms with Crippen molar-refractivity contribution in [3.63, 3.8) is 0 Å². The lowest BCUT2D eigenvalue weighted by molar-refractivity contribution is -0.140. The number of carbonyl (C=O) groups is 2. The molecule has 35 heavy (non-hydrogen) atoms. The number of rotatable bonds is 9. The van der Waals surface area contributed by atoms with Crippen molar-refractivity contribution < 1.29 is 9.59 Å². The van der Waals surface area contributed by atoms with E-state index in [0.29, 0.717) is 18.0 Å². The molecule has 1 atom stereocenters. The van der Waals surface area contributed by atoms with Crippen LogP contribution in [0.25, 0.3) is 0 Å². The number of hydrogen-bond acceptors (Lipinski definition) is 3. The summed E-state index contributed by atoms with van der Waals surface area (Å²) in [5.41, 5.74) is 2.63. The van der Waals surface area contributed by atoms with Gasteiger partial charge in [-0.2, -0.15) is 0 Å². The second-order valence-electron chi connectivity index (χ2n) is 9.70. The Bertz CT molecular complexity index is 1130. The van der Waals surface area contributed by atoms with E-state index in [4.69, 9.17) is 11.6 Å². The molecule has 0 unspecified atom stereocenters. The van der Waals surface area contributed by atoms with Gasteiger partial charge in [0.05, 0.1) is 5.75 Å². The van der Waals surface area contributed by atoms with Crippen molar-refractivity contribution in [2.75, 3.05) is 5.75 Å². The third kappa shape index (κ3) is 8.75. The Kier molecular flexibility index (Phi) is 9.41. The van der Waals surface area contributed by atoms with Gasteiger partial charge in [0.2, 0.25) is 11.8 Å². The van der Waals surface area contributed by atoms with Crippen LogP contribution in [0.1, 0.15) is 37.5 Å². The number of nitrogens with one attached hydrogen (secondary N) is 1. The van der Waals surface area contributed by atoms with Crippen LogP contribution < -0.4 is 5.32 Å². The van der Waals surface area contributed by atoms with Gasteiger partial charge in [-0.25, -0.2) is 0 Å². The third-order valence-electron chi connectivity index (χ3n) is 5.39. The molecular weight excluding hydrogens is 476 g/mol. The van der Waals surface area contributed by atoms with E-state index in [1.165, 1.54) is 17.3 Å². The summed E-state index contributed by atoms with van der Waals surface area (Å²) in [4.78, 5) is 29.9. The normalized spacial score (nSPS) is 12.1. The van der Waals surface area contributed by atoms with E-state index in [0.717, 1.165) is 16.0 Å². The zero-order valence-corrected chi connectivity index (χ0v) is 22.3. The van der Waals surface area contributed by atoms with Crippen molar-refractivity contribution in [3.8, 4) is 0 Å². The lowest BCUT2D eigenvalue weighted by Crippen LogP contribution is -2.54. The molecule has 0 saturated carbocycles. The Labute approximate surface area is 218 Å². The lowest BCUT2D eigenvalue weighted by Gasteiger charge is -2.34. The van der Waals surface area contributed by atoms with Gasteiger partial charge < -0.3 is 10.2 Å². The van der Waals surface area contributed by atoms with Crippen molar-refractivity contribution in [2.45, 2.75) is 57.1 Å². The highest BCUT2D eigenvalue weighted by atomic mass is 35.5. The van der Waals surface area contributed by atoms with Gasteiger partial charge in [-0.1, -0.05) is 71.8 Å². The summed E-state index contributed by atoms with van der Waals surface area (Å²) in [7, 11) is 0. The SMILES string of the molecule is Cc1ccc(SCC(=O)N(Cc2cccc(Cl)c2)[C@H](Cc2ccccc2)C(=O)NC(C)(C)C)cc1. The zero-order chi connectivity index (χ0) is 25.4. The van der Waals surface area contributed by atoms with Gasteiger partial charge in [0.15, 0.2) is 0 Å². The molecule has 3 aromatic rings. The second-order valence-corrected chi connectivity index (χ2v) is 11.2. The van der Waals surface area contributed by atoms with Crippen LogP contribution in [0.4, 0.5) is 0 Å². The number of benzene rings is 3. The van der Waals surface area contributed by atoms with Crippen LogP contribution in [0.2, 0.25) is 5.02 Å². The van der Waals surface area contributed by atoms with Gasteiger partial charge in [-0.15, -0.1) is 11.8 Å². The topological polar surface area (TPSA) is 49.4 Å². The van der Waals surface area contributed by atoms with E-state index in [9.17, 15) is 9.59 Å². The van der Waals surface area contributed by atoms with Gasteiger partial charge >= 0.3 is 0 Å². The quantitative estimate of drug-likeness (QED) is 0.345. The molecule has 0 bridgehead atoms. The van der Waals surface area contributed by atoms with E-state index in [1.807, 2.05) is 100 Å². The Hall–Kier alpha value is -2.76. The second kappa shape index (κ2) is 12.3. The van der Waals surface area contributed by atoms with Gasteiger partial charge in [0.25, 0.3) is 0 Å². The molecule has 0 radical (unpaired) electrons. The van der Waals surface area contributed by atoms with E-state index in [-0.39, 0.29) is 17.6 Å². The Morgan fingerprint density at radius 3 is 2.23 bits per heavy atom. The predicted molar refractivity (Wildman–Crippen MR) is 146 cm³/mol. The first kappa shape index (κ1) is 26.8. The highest BCUT2D eigenvalue weighted by Gasteiger charge is 2.32. The fourth-order valence-electron chi connectivity index (χ4n) is 3.70. The van der Waals surface area contributed by atoms with Crippen LogP contribution >= 0.6 is 23.4 Å². The number of halogens is 1. The van der Waals surface area contributed by atoms with Gasteiger partial charge in [0.1, 0.15) is 6.04 Å². The maximum Gasteiger partial charge on any atom is 0.243 e. The van der Waals surface area contributed by atoms with Crippen LogP contribution in [0, 0.1) is 6.92 Å². The van der Waals surface area contributed by atoms with E-state index in [2.05, 4.69) is 5.32 Å². The Morgan fingerprint density at radius 2 is 1.60 bits per heavy atom. The molecule has 0 aromatic heterocycles. The summed E-state index contributed by atoms with van der Waals surface area (Å²) in [6.07, 6.45) is 0.421. The van der Waals surface area contributed by atoms with Crippen LogP contribution in [0.3, 0.4) is 0 Å². The van der Waals surface area contributed by atoms with Crippen molar-refractivity contribution in [1.29, 1.82) is 0 Å². The average Bonchev–Trinajstić information content (AvgIpc) is 2.80. The molecule has 4 nitrogen and oxygen atoms in total. The molecule has 0 spiro atoms. The van der Waals surface area contributed by atoms with Crippen molar-refractivity contribution in [1.82, 2.24) is 10.2 Å². The van der Waals surface area contributed by atoms with Crippen molar-refractivity contribution >= 4 is 35.2 Å². The van der Waals surface area contributed by atoms with E-state index >= 15 is 0 Å². The molecule has 0 aliphatic rings. The predicted octanol–water partition coefficient (Wildman–Crippen LogP) is 6.30. The number of thioether (sulfide) groups is 1. The van der Waals surface area contributed by atoms with Crippen LogP contribution in [-0.2, 0) is 22.6 Å². The smallest absolute Gasteiger partial charge is 0.243 e. The van der Waals surface area contributed by atoms with Crippen molar-refractivity contribution in [3.05, 3.63) is 101 Å². The molecule has 3 rings (SSSR count). The molecule has 6 heteroatoms. The van der Waals surface area contributed by atoms with Gasteiger partial charge in [0, 0.05) is 28.4 Å². The fraction of sp³-hybridized carbons (Fsp3) is 0.310. The maximum absolute atomic E-state index is 13.7. The first-order chi connectivity index (χ1) is 16.6. The number of aryl methyl sites for hydroxylation is 1. The van der Waals surface area contributed by atoms with Gasteiger partial charge in [-0.3, -0.25) is 9.59 Å². The molecule has 3 aromatic carbocycles. The summed E-state index contributed by atoms with van der Waals surface area (Å²) in [6.45, 7) is 8.17. The molecule has 0 fully saturated rings. The molecule has 184 valence electrons. The molecule has 0 aliphatic heterocycles. The standard InChI is InChI=1S/C29H33ClN2O2S/c1-21-13-15-25(16-14-21)35-20-27(33)32(19-23-11-8-12-24(30)17-23)26(28(34)31-29(2,3)4)18-22-9-6-5-7-10-22/h5-17,26H,18-20H2,1-4H3,(H,31,34)/t26-/m1/s1. The summed E-state index contributed by atoms with van der Waals surface area (Å²) < 4.78 is 0. The Morgan fingerprint density at radius 1 is 0.943 bits per heavy atom. The highest BCUT2D eigenvalue weighted by molar-refractivity contribution is 8.00. The highest BCUT2D eigenvalue weighted by Crippen LogP contribution is 2.22. The zero-order valence-electron chi connectivity index (χ0n) is 20.8. The molecular formula is C29H33ClN2O2S. The lowest BCUT2D eigenvalue weighted by atomic mass is 10.0. The van der Waals surface area contributed by atoms with E-state index < -0.39 is 11.6 Å². The monoisotopic (exact) mass is 508 g/mol. The van der Waals surface area contributed by atoms with Gasteiger partial charge in [-0.05, 0) is 63.1 Å². The van der Waals surface area contributed by atoms with Crippen LogP contribution in [-0.4, -0.2) is 34.0 Å². The van der Waals surface area contributed by atoms with Crippen LogP contribution in [0.5, 0.6) is 0 Å². The minimum Gasteiger partial charge on any atom is -0.350 e. The number of nitrogens with zero attached hydrogens (tertiary/aromatic N) is 1. The minimum atomic E-state index is -0.665. The molecule has 0 saturated heterocycles. The van der Waals surface area contributed by atoms with Crippen molar-refractivity contribution in [2.24, 2.45) is 0 Å². The largest absolute Gasteiger partial charge is 0.350 e. The first-order valence-electron chi connectivity index (χ1n) is 11.7. The summed E-state index contributed by atoms with van der Waals surface area (Å²) >= 11 is 7.71. The fourth-order valence-corrected chi connectivity index (χ4v) is 4.70. The number of amides is 2. The first-order valence-corrected chi connectivity index (χ1v) is 13.1. The number of hydrogen-bond donors (Lipinski definition) is 1. The molecule has 0 aliphatic carbocycles. The summed E-state index contributed by atoms with van der Waals surface area (Å²) in [6, 6.07) is 24.7. The molecule has 1 N–H and O–H groups in total. The number of carbonyl (C=O) groups excluding carboxylic acids is 2. The third-order valence-corrected chi connectivity index (χ3v) is 6.63. The summed E-state index contributed by atoms with van der Waals surface area (Å²) in [5.74, 6) is -0.0323. The molecule has 2 amide bonds. The van der Waals surface area contributed by atoms with E-state index in [1.54, 1.807) is 11.0 Å². The minimum absolute atomic E-state index is 0.0967.